The molecule has 0 spiro atoms. The molecular weight excluding hydrogens is 469 g/mol. The molecule has 174 valence electrons. The number of carbonyl (C=O) groups is 1. The lowest BCUT2D eigenvalue weighted by Gasteiger charge is -2.45. The molecule has 2 aromatic carbocycles. The van der Waals surface area contributed by atoms with E-state index in [1.807, 2.05) is 37.3 Å². The molecule has 5 nitrogen and oxygen atoms in total. The highest BCUT2D eigenvalue weighted by Crippen LogP contribution is 2.42. The van der Waals surface area contributed by atoms with Crippen LogP contribution in [0.5, 0.6) is 0 Å². The molecule has 0 unspecified atom stereocenters. The number of hydrogen-bond acceptors (Lipinski definition) is 4. The van der Waals surface area contributed by atoms with E-state index < -0.39 is 32.8 Å². The number of halogens is 2. The number of ether oxygens (including phenoxy) is 1. The van der Waals surface area contributed by atoms with Crippen LogP contribution in [0, 0.1) is 0 Å². The molecule has 1 aliphatic rings. The first-order chi connectivity index (χ1) is 14.9. The Balaban J connectivity index is 2.11. The average molecular weight is 498 g/mol. The van der Waals surface area contributed by atoms with Crippen molar-refractivity contribution in [3.05, 3.63) is 69.7 Å². The molecule has 0 aromatic heterocycles. The molecule has 0 radical (unpaired) electrons. The van der Waals surface area contributed by atoms with E-state index in [0.717, 1.165) is 11.1 Å². The van der Waals surface area contributed by atoms with Crippen LogP contribution in [0.1, 0.15) is 57.4 Å². The average Bonchev–Trinajstić information content (AvgIpc) is 2.72. The van der Waals surface area contributed by atoms with Gasteiger partial charge in [-0.15, -0.1) is 0 Å². The molecule has 32 heavy (non-hydrogen) atoms. The third-order valence-corrected chi connectivity index (χ3v) is 9.04. The van der Waals surface area contributed by atoms with Gasteiger partial charge in [-0.3, -0.25) is 4.79 Å². The summed E-state index contributed by atoms with van der Waals surface area (Å²) < 4.78 is 31.2. The van der Waals surface area contributed by atoms with Crippen molar-refractivity contribution in [3.63, 3.8) is 0 Å². The van der Waals surface area contributed by atoms with Crippen molar-refractivity contribution in [1.29, 1.82) is 0 Å². The number of morpholine rings is 1. The number of carbonyl (C=O) groups excluding carboxylic acids is 1. The molecule has 1 heterocycles. The highest BCUT2D eigenvalue weighted by atomic mass is 35.5. The third-order valence-electron chi connectivity index (χ3n) is 5.86. The summed E-state index contributed by atoms with van der Waals surface area (Å²) in [4.78, 5) is 14.9. The lowest BCUT2D eigenvalue weighted by molar-refractivity contribution is -0.162. The van der Waals surface area contributed by atoms with Crippen LogP contribution in [0.4, 0.5) is 0 Å². The van der Waals surface area contributed by atoms with E-state index in [9.17, 15) is 13.2 Å². The smallest absolute Gasteiger partial charge is 0.249 e. The van der Waals surface area contributed by atoms with Gasteiger partial charge in [0.25, 0.3) is 0 Å². The van der Waals surface area contributed by atoms with Gasteiger partial charge in [-0.05, 0) is 62.6 Å². The van der Waals surface area contributed by atoms with Gasteiger partial charge in [-0.1, -0.05) is 54.4 Å². The van der Waals surface area contributed by atoms with Gasteiger partial charge in [-0.2, -0.15) is 0 Å². The summed E-state index contributed by atoms with van der Waals surface area (Å²) in [6, 6.07) is 13.5. The van der Waals surface area contributed by atoms with Gasteiger partial charge in [0.1, 0.15) is 12.7 Å². The second kappa shape index (κ2) is 9.72. The van der Waals surface area contributed by atoms with Crippen molar-refractivity contribution in [3.8, 4) is 0 Å². The molecule has 0 N–H and O–H groups in total. The maximum atomic E-state index is 13.2. The third kappa shape index (κ3) is 5.30. The first-order valence-electron chi connectivity index (χ1n) is 10.6. The van der Waals surface area contributed by atoms with Gasteiger partial charge >= 0.3 is 0 Å². The summed E-state index contributed by atoms with van der Waals surface area (Å²) in [5.74, 6) is -0.357. The van der Waals surface area contributed by atoms with Gasteiger partial charge in [0.2, 0.25) is 5.91 Å². The van der Waals surface area contributed by atoms with Crippen molar-refractivity contribution in [1.82, 2.24) is 4.90 Å². The second-order valence-corrected chi connectivity index (χ2v) is 12.7. The van der Waals surface area contributed by atoms with E-state index in [1.54, 1.807) is 43.9 Å². The van der Waals surface area contributed by atoms with Crippen LogP contribution in [0.2, 0.25) is 10.0 Å². The zero-order valence-corrected chi connectivity index (χ0v) is 21.0. The summed E-state index contributed by atoms with van der Waals surface area (Å²) in [6.07, 6.45) is -0.00750. The molecule has 0 bridgehead atoms. The Morgan fingerprint density at radius 1 is 1.06 bits per heavy atom. The van der Waals surface area contributed by atoms with Gasteiger partial charge in [0.05, 0.1) is 16.5 Å². The monoisotopic (exact) mass is 497 g/mol. The Morgan fingerprint density at radius 2 is 1.72 bits per heavy atom. The number of nitrogens with zero attached hydrogens (tertiary/aromatic N) is 1. The molecule has 1 fully saturated rings. The first-order valence-corrected chi connectivity index (χ1v) is 13.0. The standard InChI is InChI=1S/C24H29Cl2NO4S/c1-5-20(15-32(29,30)24(2,3)4)27-21(28)14-31-23(17-7-6-8-19(26)13-17)22(27)16-9-11-18(25)12-10-16/h6-13,20,22-23H,5,14-15H2,1-4H3/t20-,22+,23+/m0/s1. The second-order valence-electron chi connectivity index (χ2n) is 9.04. The molecule has 1 amide bonds. The highest BCUT2D eigenvalue weighted by molar-refractivity contribution is 7.92. The van der Waals surface area contributed by atoms with Crippen LogP contribution in [0.15, 0.2) is 48.5 Å². The lowest BCUT2D eigenvalue weighted by atomic mass is 9.91. The van der Waals surface area contributed by atoms with E-state index >= 15 is 0 Å². The Labute approximate surface area is 200 Å². The Hall–Kier alpha value is -1.60. The summed E-state index contributed by atoms with van der Waals surface area (Å²) in [6.45, 7) is 6.82. The van der Waals surface area contributed by atoms with Gasteiger partial charge in [0, 0.05) is 16.1 Å². The van der Waals surface area contributed by atoms with Crippen molar-refractivity contribution >= 4 is 38.9 Å². The van der Waals surface area contributed by atoms with Crippen LogP contribution < -0.4 is 0 Å². The quantitative estimate of drug-likeness (QED) is 0.518. The molecule has 1 saturated heterocycles. The first kappa shape index (κ1) is 25.0. The molecule has 8 heteroatoms. The Kier molecular flexibility index (Phi) is 7.60. The molecular formula is C24H29Cl2NO4S. The van der Waals surface area contributed by atoms with Crippen molar-refractivity contribution in [2.75, 3.05) is 12.4 Å². The largest absolute Gasteiger partial charge is 0.361 e. The van der Waals surface area contributed by atoms with Gasteiger partial charge in [-0.25, -0.2) is 8.42 Å². The van der Waals surface area contributed by atoms with Crippen molar-refractivity contribution in [2.45, 2.75) is 57.1 Å². The fourth-order valence-electron chi connectivity index (χ4n) is 3.91. The summed E-state index contributed by atoms with van der Waals surface area (Å²) in [7, 11) is -3.46. The Morgan fingerprint density at radius 3 is 2.28 bits per heavy atom. The minimum Gasteiger partial charge on any atom is -0.361 e. The van der Waals surface area contributed by atoms with E-state index in [1.165, 1.54) is 0 Å². The zero-order chi connectivity index (χ0) is 23.7. The molecule has 3 atom stereocenters. The molecule has 2 aromatic rings. The van der Waals surface area contributed by atoms with E-state index in [2.05, 4.69) is 0 Å². The van der Waals surface area contributed by atoms with Crippen molar-refractivity contribution < 1.29 is 17.9 Å². The van der Waals surface area contributed by atoms with Crippen LogP contribution in [0.25, 0.3) is 0 Å². The zero-order valence-electron chi connectivity index (χ0n) is 18.7. The summed E-state index contributed by atoms with van der Waals surface area (Å²) >= 11 is 12.3. The minimum atomic E-state index is -3.46. The maximum absolute atomic E-state index is 13.2. The van der Waals surface area contributed by atoms with Crippen LogP contribution in [0.3, 0.4) is 0 Å². The number of amides is 1. The minimum absolute atomic E-state index is 0.120. The fourth-order valence-corrected chi connectivity index (χ4v) is 5.64. The van der Waals surface area contributed by atoms with Crippen LogP contribution >= 0.6 is 23.2 Å². The van der Waals surface area contributed by atoms with E-state index in [4.69, 9.17) is 27.9 Å². The van der Waals surface area contributed by atoms with Gasteiger partial charge in [0.15, 0.2) is 9.84 Å². The maximum Gasteiger partial charge on any atom is 0.249 e. The number of hydrogen-bond donors (Lipinski definition) is 0. The molecule has 3 rings (SSSR count). The van der Waals surface area contributed by atoms with Gasteiger partial charge < -0.3 is 9.64 Å². The topological polar surface area (TPSA) is 63.7 Å². The molecule has 0 saturated carbocycles. The van der Waals surface area contributed by atoms with E-state index in [-0.39, 0.29) is 18.3 Å². The van der Waals surface area contributed by atoms with Crippen LogP contribution in [-0.4, -0.2) is 42.4 Å². The number of sulfone groups is 1. The lowest BCUT2D eigenvalue weighted by Crippen LogP contribution is -2.53. The fraction of sp³-hybridized carbons (Fsp3) is 0.458. The van der Waals surface area contributed by atoms with E-state index in [0.29, 0.717) is 16.5 Å². The Bertz CT molecular complexity index is 1060. The predicted molar refractivity (Wildman–Crippen MR) is 129 cm³/mol. The van der Waals surface area contributed by atoms with Crippen molar-refractivity contribution in [2.24, 2.45) is 0 Å². The number of rotatable bonds is 6. The molecule has 1 aliphatic heterocycles. The molecule has 0 aliphatic carbocycles. The number of benzene rings is 2. The summed E-state index contributed by atoms with van der Waals surface area (Å²) in [5.41, 5.74) is 1.64. The highest BCUT2D eigenvalue weighted by Gasteiger charge is 2.44. The normalized spacial score (nSPS) is 20.9. The predicted octanol–water partition coefficient (Wildman–Crippen LogP) is 5.63. The SMILES string of the molecule is CC[C@@H](CS(=O)(=O)C(C)(C)C)N1C(=O)CO[C@H](c2cccc(Cl)c2)[C@H]1c1ccc(Cl)cc1. The van der Waals surface area contributed by atoms with Crippen LogP contribution in [-0.2, 0) is 19.4 Å². The summed E-state index contributed by atoms with van der Waals surface area (Å²) in [5, 5.41) is 1.14.